The van der Waals surface area contributed by atoms with Crippen LogP contribution in [0.25, 0.3) is 52.5 Å². The third-order valence-corrected chi connectivity index (χ3v) is 12.3. The number of benzene rings is 8. The molecule has 0 aliphatic rings. The number of nitrogens with zero attached hydrogens (tertiary/aromatic N) is 2. The molecular formula is C50H34N2S2. The van der Waals surface area contributed by atoms with Gasteiger partial charge in [-0.3, -0.25) is 0 Å². The van der Waals surface area contributed by atoms with Crippen molar-refractivity contribution in [3.63, 3.8) is 0 Å². The Balaban J connectivity index is 1.01. The van der Waals surface area contributed by atoms with E-state index in [1.54, 1.807) is 0 Å². The SMILES string of the molecule is C(=C\c1ccc2sc3ccc(N(c4ccccc4)c4ccccc4)cc3c2c1)/c1ccc2sc3ccc(N(c4ccccc4)c4ccccc4)cc3c2c1. The van der Waals surface area contributed by atoms with Crippen LogP contribution in [-0.4, -0.2) is 0 Å². The summed E-state index contributed by atoms with van der Waals surface area (Å²) in [6.07, 6.45) is 4.50. The van der Waals surface area contributed by atoms with Gasteiger partial charge in [-0.2, -0.15) is 0 Å². The van der Waals surface area contributed by atoms with Gasteiger partial charge < -0.3 is 9.80 Å². The Hall–Kier alpha value is -6.46. The Labute approximate surface area is 322 Å². The summed E-state index contributed by atoms with van der Waals surface area (Å²) in [5.74, 6) is 0. The Bertz CT molecular complexity index is 2650. The van der Waals surface area contributed by atoms with Crippen LogP contribution in [0.15, 0.2) is 194 Å². The van der Waals surface area contributed by atoms with Gasteiger partial charge in [0.15, 0.2) is 0 Å². The van der Waals surface area contributed by atoms with E-state index in [2.05, 4.69) is 216 Å². The molecule has 0 aliphatic heterocycles. The molecule has 0 aliphatic carbocycles. The van der Waals surface area contributed by atoms with E-state index < -0.39 is 0 Å². The van der Waals surface area contributed by atoms with Gasteiger partial charge in [0.1, 0.15) is 0 Å². The maximum Gasteiger partial charge on any atom is 0.0468 e. The third kappa shape index (κ3) is 6.02. The molecule has 256 valence electrons. The summed E-state index contributed by atoms with van der Waals surface area (Å²) in [7, 11) is 0. The highest BCUT2D eigenvalue weighted by molar-refractivity contribution is 7.26. The highest BCUT2D eigenvalue weighted by atomic mass is 32.1. The number of anilines is 6. The lowest BCUT2D eigenvalue weighted by Crippen LogP contribution is -2.09. The maximum atomic E-state index is 2.35. The number of thiophene rings is 2. The number of hydrogen-bond acceptors (Lipinski definition) is 4. The van der Waals surface area contributed by atoms with Crippen molar-refractivity contribution in [3.05, 3.63) is 205 Å². The van der Waals surface area contributed by atoms with Gasteiger partial charge in [0, 0.05) is 74.5 Å². The topological polar surface area (TPSA) is 6.48 Å². The summed E-state index contributed by atoms with van der Waals surface area (Å²) in [6, 6.07) is 69.9. The smallest absolute Gasteiger partial charge is 0.0468 e. The van der Waals surface area contributed by atoms with E-state index in [9.17, 15) is 0 Å². The molecule has 10 aromatic rings. The van der Waals surface area contributed by atoms with Crippen molar-refractivity contribution < 1.29 is 0 Å². The van der Waals surface area contributed by atoms with Crippen molar-refractivity contribution >= 4 is 109 Å². The molecule has 0 bridgehead atoms. The fourth-order valence-electron chi connectivity index (χ4n) is 7.45. The summed E-state index contributed by atoms with van der Waals surface area (Å²) in [4.78, 5) is 4.67. The molecule has 2 heterocycles. The van der Waals surface area contributed by atoms with Crippen LogP contribution in [0.4, 0.5) is 34.1 Å². The van der Waals surface area contributed by atoms with E-state index in [1.807, 2.05) is 22.7 Å². The largest absolute Gasteiger partial charge is 0.310 e. The second-order valence-corrected chi connectivity index (χ2v) is 15.6. The van der Waals surface area contributed by atoms with E-state index in [0.29, 0.717) is 0 Å². The maximum absolute atomic E-state index is 2.35. The second-order valence-electron chi connectivity index (χ2n) is 13.4. The molecule has 0 spiro atoms. The van der Waals surface area contributed by atoms with Crippen molar-refractivity contribution in [1.82, 2.24) is 0 Å². The Kier molecular flexibility index (Phi) is 8.25. The number of fused-ring (bicyclic) bond motifs is 6. The molecule has 4 heteroatoms. The van der Waals surface area contributed by atoms with Crippen molar-refractivity contribution in [2.75, 3.05) is 9.80 Å². The molecule has 0 saturated heterocycles. The van der Waals surface area contributed by atoms with E-state index in [0.717, 1.165) is 34.1 Å². The molecule has 2 aromatic heterocycles. The molecule has 0 fully saturated rings. The summed E-state index contributed by atoms with van der Waals surface area (Å²) in [5.41, 5.74) is 9.24. The van der Waals surface area contributed by atoms with Crippen LogP contribution in [0, 0.1) is 0 Å². The van der Waals surface area contributed by atoms with Gasteiger partial charge in [0.05, 0.1) is 0 Å². The minimum absolute atomic E-state index is 1.14. The number of hydrogen-bond donors (Lipinski definition) is 0. The standard InChI is InChI=1S/C50H34N2S2/c1-5-13-37(14-6-1)51(38-15-7-2-8-16-38)41-25-29-49-45(33-41)43-31-35(23-27-47(43)53-49)21-22-36-24-28-48-44(32-36)46-34-42(26-30-50(46)54-48)52(39-17-9-3-10-18-39)40-19-11-4-12-20-40/h1-34H/b22-21+. The minimum Gasteiger partial charge on any atom is -0.310 e. The van der Waals surface area contributed by atoms with Crippen molar-refractivity contribution in [1.29, 1.82) is 0 Å². The van der Waals surface area contributed by atoms with Crippen LogP contribution < -0.4 is 9.80 Å². The molecule has 0 atom stereocenters. The minimum atomic E-state index is 1.14. The van der Waals surface area contributed by atoms with Crippen molar-refractivity contribution in [3.8, 4) is 0 Å². The monoisotopic (exact) mass is 726 g/mol. The second kappa shape index (κ2) is 13.8. The zero-order valence-corrected chi connectivity index (χ0v) is 31.0. The lowest BCUT2D eigenvalue weighted by Gasteiger charge is -2.25. The Morgan fingerprint density at radius 2 is 0.574 bits per heavy atom. The Morgan fingerprint density at radius 3 is 0.907 bits per heavy atom. The average molecular weight is 727 g/mol. The molecule has 0 amide bonds. The fourth-order valence-corrected chi connectivity index (χ4v) is 9.58. The molecule has 2 nitrogen and oxygen atoms in total. The number of para-hydroxylation sites is 4. The van der Waals surface area contributed by atoms with Gasteiger partial charge in [-0.15, -0.1) is 22.7 Å². The average Bonchev–Trinajstić information content (AvgIpc) is 3.79. The first-order valence-corrected chi connectivity index (χ1v) is 19.8. The molecule has 0 saturated carbocycles. The van der Waals surface area contributed by atoms with E-state index >= 15 is 0 Å². The molecule has 54 heavy (non-hydrogen) atoms. The molecule has 0 N–H and O–H groups in total. The summed E-state index contributed by atoms with van der Waals surface area (Å²) < 4.78 is 5.19. The molecule has 0 radical (unpaired) electrons. The lowest BCUT2D eigenvalue weighted by molar-refractivity contribution is 1.29. The summed E-state index contributed by atoms with van der Waals surface area (Å²) in [5, 5.41) is 5.13. The van der Waals surface area contributed by atoms with E-state index in [-0.39, 0.29) is 0 Å². The fraction of sp³-hybridized carbons (Fsp3) is 0. The van der Waals surface area contributed by atoms with E-state index in [1.165, 1.54) is 51.5 Å². The first kappa shape index (κ1) is 32.2. The van der Waals surface area contributed by atoms with Gasteiger partial charge >= 0.3 is 0 Å². The lowest BCUT2D eigenvalue weighted by atomic mass is 10.1. The van der Waals surface area contributed by atoms with Crippen LogP contribution in [0.2, 0.25) is 0 Å². The zero-order valence-electron chi connectivity index (χ0n) is 29.3. The molecule has 10 rings (SSSR count). The van der Waals surface area contributed by atoms with Crippen molar-refractivity contribution in [2.45, 2.75) is 0 Å². The normalized spacial score (nSPS) is 11.6. The molecule has 8 aromatic carbocycles. The summed E-state index contributed by atoms with van der Waals surface area (Å²) in [6.45, 7) is 0. The molecular weight excluding hydrogens is 693 g/mol. The third-order valence-electron chi connectivity index (χ3n) is 10.00. The van der Waals surface area contributed by atoms with E-state index in [4.69, 9.17) is 0 Å². The van der Waals surface area contributed by atoms with Gasteiger partial charge in [-0.05, 0) is 120 Å². The van der Waals surface area contributed by atoms with Crippen LogP contribution >= 0.6 is 22.7 Å². The first-order valence-electron chi connectivity index (χ1n) is 18.2. The highest BCUT2D eigenvalue weighted by Crippen LogP contribution is 2.42. The zero-order chi connectivity index (χ0) is 35.8. The van der Waals surface area contributed by atoms with Crippen LogP contribution in [0.1, 0.15) is 11.1 Å². The molecule has 0 unspecified atom stereocenters. The van der Waals surface area contributed by atoms with Crippen molar-refractivity contribution in [2.24, 2.45) is 0 Å². The quantitative estimate of drug-likeness (QED) is 0.144. The van der Waals surface area contributed by atoms with Crippen LogP contribution in [0.3, 0.4) is 0 Å². The Morgan fingerprint density at radius 1 is 0.278 bits per heavy atom. The van der Waals surface area contributed by atoms with Crippen LogP contribution in [-0.2, 0) is 0 Å². The number of rotatable bonds is 8. The van der Waals surface area contributed by atoms with Crippen LogP contribution in [0.5, 0.6) is 0 Å². The van der Waals surface area contributed by atoms with Gasteiger partial charge in [0.2, 0.25) is 0 Å². The predicted molar refractivity (Wildman–Crippen MR) is 237 cm³/mol. The predicted octanol–water partition coefficient (Wildman–Crippen LogP) is 15.5. The first-order chi connectivity index (χ1) is 26.7. The summed E-state index contributed by atoms with van der Waals surface area (Å²) >= 11 is 3.71. The van der Waals surface area contributed by atoms with Gasteiger partial charge in [0.25, 0.3) is 0 Å². The van der Waals surface area contributed by atoms with Gasteiger partial charge in [-0.25, -0.2) is 0 Å². The highest BCUT2D eigenvalue weighted by Gasteiger charge is 2.16. The van der Waals surface area contributed by atoms with Gasteiger partial charge in [-0.1, -0.05) is 97.1 Å².